The first-order valence-electron chi connectivity index (χ1n) is 5.75. The van der Waals surface area contributed by atoms with Gasteiger partial charge in [-0.3, -0.25) is 9.69 Å². The van der Waals surface area contributed by atoms with Gasteiger partial charge in [-0.05, 0) is 19.8 Å². The van der Waals surface area contributed by atoms with E-state index in [2.05, 4.69) is 11.8 Å². The smallest absolute Gasteiger partial charge is 0.324 e. The molecule has 0 amide bonds. The first-order chi connectivity index (χ1) is 7.17. The SMILES string of the molecule is CC1COCCN1C1(C(=O)O)CCCC1. The number of carboxylic acids is 1. The highest BCUT2D eigenvalue weighted by Crippen LogP contribution is 2.37. The molecule has 1 saturated heterocycles. The lowest BCUT2D eigenvalue weighted by atomic mass is 9.93. The van der Waals surface area contributed by atoms with Crippen LogP contribution in [0.4, 0.5) is 0 Å². The lowest BCUT2D eigenvalue weighted by Crippen LogP contribution is -2.60. The molecule has 86 valence electrons. The molecule has 1 aliphatic heterocycles. The second-order valence-corrected chi connectivity index (χ2v) is 4.66. The van der Waals surface area contributed by atoms with Gasteiger partial charge in [-0.15, -0.1) is 0 Å². The molecule has 4 heteroatoms. The van der Waals surface area contributed by atoms with E-state index >= 15 is 0 Å². The fourth-order valence-electron chi connectivity index (χ4n) is 2.95. The van der Waals surface area contributed by atoms with E-state index in [-0.39, 0.29) is 6.04 Å². The molecule has 2 rings (SSSR count). The monoisotopic (exact) mass is 213 g/mol. The molecule has 0 aromatic rings. The lowest BCUT2D eigenvalue weighted by Gasteiger charge is -2.44. The van der Waals surface area contributed by atoms with E-state index in [9.17, 15) is 9.90 Å². The summed E-state index contributed by atoms with van der Waals surface area (Å²) < 4.78 is 5.36. The van der Waals surface area contributed by atoms with E-state index in [1.807, 2.05) is 0 Å². The maximum atomic E-state index is 11.5. The van der Waals surface area contributed by atoms with Crippen LogP contribution < -0.4 is 0 Å². The Hall–Kier alpha value is -0.610. The van der Waals surface area contributed by atoms with Crippen LogP contribution in [0.5, 0.6) is 0 Å². The standard InChI is InChI=1S/C11H19NO3/c1-9-8-15-7-6-12(9)11(10(13)14)4-2-3-5-11/h9H,2-8H2,1H3,(H,13,14). The topological polar surface area (TPSA) is 49.8 Å². The Morgan fingerprint density at radius 1 is 1.47 bits per heavy atom. The third-order valence-electron chi connectivity index (χ3n) is 3.75. The van der Waals surface area contributed by atoms with Crippen molar-refractivity contribution in [3.63, 3.8) is 0 Å². The molecule has 1 heterocycles. The third kappa shape index (κ3) is 1.76. The Kier molecular flexibility index (Phi) is 2.98. The van der Waals surface area contributed by atoms with E-state index < -0.39 is 11.5 Å². The second-order valence-electron chi connectivity index (χ2n) is 4.66. The maximum absolute atomic E-state index is 11.5. The molecule has 0 aromatic heterocycles. The van der Waals surface area contributed by atoms with Crippen LogP contribution in [0.3, 0.4) is 0 Å². The van der Waals surface area contributed by atoms with Crippen molar-refractivity contribution in [1.82, 2.24) is 4.90 Å². The number of aliphatic carboxylic acids is 1. The van der Waals surface area contributed by atoms with Gasteiger partial charge in [0.05, 0.1) is 13.2 Å². The van der Waals surface area contributed by atoms with Crippen LogP contribution in [-0.2, 0) is 9.53 Å². The van der Waals surface area contributed by atoms with Crippen LogP contribution in [-0.4, -0.2) is 47.3 Å². The quantitative estimate of drug-likeness (QED) is 0.746. The van der Waals surface area contributed by atoms with Crippen LogP contribution in [0.15, 0.2) is 0 Å². The van der Waals surface area contributed by atoms with Crippen molar-refractivity contribution in [2.75, 3.05) is 19.8 Å². The normalized spacial score (nSPS) is 31.7. The summed E-state index contributed by atoms with van der Waals surface area (Å²) >= 11 is 0. The largest absolute Gasteiger partial charge is 0.480 e. The number of hydrogen-bond donors (Lipinski definition) is 1. The van der Waals surface area contributed by atoms with E-state index in [0.29, 0.717) is 13.2 Å². The average molecular weight is 213 g/mol. The molecule has 0 aromatic carbocycles. The van der Waals surface area contributed by atoms with Crippen LogP contribution in [0.25, 0.3) is 0 Å². The Labute approximate surface area is 90.2 Å². The zero-order valence-corrected chi connectivity index (χ0v) is 9.24. The van der Waals surface area contributed by atoms with E-state index in [4.69, 9.17) is 4.74 Å². The van der Waals surface area contributed by atoms with Crippen LogP contribution in [0.2, 0.25) is 0 Å². The van der Waals surface area contributed by atoms with Gasteiger partial charge in [-0.25, -0.2) is 0 Å². The maximum Gasteiger partial charge on any atom is 0.324 e. The third-order valence-corrected chi connectivity index (χ3v) is 3.75. The Morgan fingerprint density at radius 3 is 2.67 bits per heavy atom. The number of morpholine rings is 1. The van der Waals surface area contributed by atoms with Gasteiger partial charge in [0.2, 0.25) is 0 Å². The molecule has 1 aliphatic carbocycles. The van der Waals surface area contributed by atoms with Gasteiger partial charge in [0.25, 0.3) is 0 Å². The fourth-order valence-corrected chi connectivity index (χ4v) is 2.95. The van der Waals surface area contributed by atoms with Gasteiger partial charge < -0.3 is 9.84 Å². The number of rotatable bonds is 2. The highest BCUT2D eigenvalue weighted by atomic mass is 16.5. The van der Waals surface area contributed by atoms with Gasteiger partial charge in [0.15, 0.2) is 0 Å². The predicted molar refractivity (Wildman–Crippen MR) is 55.8 cm³/mol. The summed E-state index contributed by atoms with van der Waals surface area (Å²) in [5.41, 5.74) is -0.594. The van der Waals surface area contributed by atoms with Gasteiger partial charge in [-0.2, -0.15) is 0 Å². The molecule has 1 N–H and O–H groups in total. The summed E-state index contributed by atoms with van der Waals surface area (Å²) in [4.78, 5) is 13.6. The molecular weight excluding hydrogens is 194 g/mol. The summed E-state index contributed by atoms with van der Waals surface area (Å²) in [6.07, 6.45) is 3.67. The summed E-state index contributed by atoms with van der Waals surface area (Å²) in [6, 6.07) is 0.230. The minimum atomic E-state index is -0.645. The number of carboxylic acid groups (broad SMARTS) is 1. The number of ether oxygens (including phenoxy) is 1. The van der Waals surface area contributed by atoms with Crippen LogP contribution in [0.1, 0.15) is 32.6 Å². The molecule has 0 bridgehead atoms. The number of nitrogens with zero attached hydrogens (tertiary/aromatic N) is 1. The molecule has 4 nitrogen and oxygen atoms in total. The Morgan fingerprint density at radius 2 is 2.13 bits per heavy atom. The average Bonchev–Trinajstić information content (AvgIpc) is 2.68. The van der Waals surface area contributed by atoms with Gasteiger partial charge >= 0.3 is 5.97 Å². The molecule has 2 aliphatic rings. The van der Waals surface area contributed by atoms with Crippen molar-refractivity contribution in [3.05, 3.63) is 0 Å². The highest BCUT2D eigenvalue weighted by Gasteiger charge is 2.48. The zero-order valence-electron chi connectivity index (χ0n) is 9.24. The fraction of sp³-hybridized carbons (Fsp3) is 0.909. The molecule has 1 unspecified atom stereocenters. The molecule has 1 atom stereocenters. The minimum absolute atomic E-state index is 0.230. The van der Waals surface area contributed by atoms with Crippen molar-refractivity contribution in [1.29, 1.82) is 0 Å². The summed E-state index contributed by atoms with van der Waals surface area (Å²) in [5.74, 6) is -0.645. The second kappa shape index (κ2) is 4.10. The van der Waals surface area contributed by atoms with Crippen molar-refractivity contribution in [3.8, 4) is 0 Å². The molecule has 0 radical (unpaired) electrons. The summed E-state index contributed by atoms with van der Waals surface area (Å²) in [5, 5.41) is 9.45. The van der Waals surface area contributed by atoms with E-state index in [1.54, 1.807) is 0 Å². The Balaban J connectivity index is 2.19. The summed E-state index contributed by atoms with van der Waals surface area (Å²) in [6.45, 7) is 4.14. The van der Waals surface area contributed by atoms with E-state index in [1.165, 1.54) is 0 Å². The lowest BCUT2D eigenvalue weighted by molar-refractivity contribution is -0.158. The van der Waals surface area contributed by atoms with Gasteiger partial charge in [0.1, 0.15) is 5.54 Å². The first-order valence-corrected chi connectivity index (χ1v) is 5.75. The minimum Gasteiger partial charge on any atom is -0.480 e. The summed E-state index contributed by atoms with van der Waals surface area (Å²) in [7, 11) is 0. The van der Waals surface area contributed by atoms with Gasteiger partial charge in [0, 0.05) is 12.6 Å². The predicted octanol–water partition coefficient (Wildman–Crippen LogP) is 1.10. The number of carbonyl (C=O) groups is 1. The molecular formula is C11H19NO3. The Bertz CT molecular complexity index is 248. The number of hydrogen-bond acceptors (Lipinski definition) is 3. The first kappa shape index (κ1) is 10.9. The van der Waals surface area contributed by atoms with Crippen molar-refractivity contribution in [2.24, 2.45) is 0 Å². The molecule has 2 fully saturated rings. The molecule has 0 spiro atoms. The van der Waals surface area contributed by atoms with Crippen molar-refractivity contribution in [2.45, 2.75) is 44.2 Å². The molecule has 1 saturated carbocycles. The van der Waals surface area contributed by atoms with Crippen molar-refractivity contribution < 1.29 is 14.6 Å². The highest BCUT2D eigenvalue weighted by molar-refractivity contribution is 5.79. The molecule has 15 heavy (non-hydrogen) atoms. The van der Waals surface area contributed by atoms with Crippen molar-refractivity contribution >= 4 is 5.97 Å². The van der Waals surface area contributed by atoms with Crippen LogP contribution in [0, 0.1) is 0 Å². The van der Waals surface area contributed by atoms with Gasteiger partial charge in [-0.1, -0.05) is 12.8 Å². The zero-order chi connectivity index (χ0) is 10.9. The van der Waals surface area contributed by atoms with E-state index in [0.717, 1.165) is 32.2 Å². The van der Waals surface area contributed by atoms with Crippen LogP contribution >= 0.6 is 0 Å².